The van der Waals surface area contributed by atoms with E-state index in [9.17, 15) is 5.11 Å². The summed E-state index contributed by atoms with van der Waals surface area (Å²) in [6, 6.07) is 3.34. The maximum Gasteiger partial charge on any atom is 0.139 e. The number of ether oxygens (including phenoxy) is 1. The van der Waals surface area contributed by atoms with E-state index in [0.717, 1.165) is 17.6 Å². The molecular formula is C12H14BrCl2NO2. The third-order valence-corrected chi connectivity index (χ3v) is 4.50. The summed E-state index contributed by atoms with van der Waals surface area (Å²) >= 11 is 15.3. The second kappa shape index (κ2) is 5.97. The van der Waals surface area contributed by atoms with Gasteiger partial charge in [0, 0.05) is 10.5 Å². The Morgan fingerprint density at radius 3 is 2.61 bits per heavy atom. The highest BCUT2D eigenvalue weighted by atomic mass is 79.9. The van der Waals surface area contributed by atoms with Gasteiger partial charge in [0.1, 0.15) is 18.0 Å². The summed E-state index contributed by atoms with van der Waals surface area (Å²) in [5.41, 5.74) is -0.784. The monoisotopic (exact) mass is 353 g/mol. The predicted molar refractivity (Wildman–Crippen MR) is 76.7 cm³/mol. The van der Waals surface area contributed by atoms with Crippen molar-refractivity contribution < 1.29 is 9.84 Å². The molecule has 0 atom stereocenters. The van der Waals surface area contributed by atoms with E-state index in [1.54, 1.807) is 12.1 Å². The maximum atomic E-state index is 10.3. The van der Waals surface area contributed by atoms with Crippen LogP contribution in [-0.2, 0) is 0 Å². The molecule has 1 saturated heterocycles. The zero-order valence-electron chi connectivity index (χ0n) is 9.68. The Labute approximate surface area is 125 Å². The van der Waals surface area contributed by atoms with E-state index >= 15 is 0 Å². The van der Waals surface area contributed by atoms with Gasteiger partial charge in [-0.05, 0) is 47.9 Å². The van der Waals surface area contributed by atoms with Gasteiger partial charge < -0.3 is 15.2 Å². The zero-order chi connectivity index (χ0) is 13.2. The summed E-state index contributed by atoms with van der Waals surface area (Å²) in [6.45, 7) is 1.83. The minimum atomic E-state index is -0.784. The molecule has 0 amide bonds. The summed E-state index contributed by atoms with van der Waals surface area (Å²) in [5.74, 6) is 0.497. The third-order valence-electron chi connectivity index (χ3n) is 3.01. The number of piperidine rings is 1. The number of halogens is 3. The highest BCUT2D eigenvalue weighted by molar-refractivity contribution is 9.10. The van der Waals surface area contributed by atoms with E-state index in [2.05, 4.69) is 21.2 Å². The van der Waals surface area contributed by atoms with Gasteiger partial charge in [-0.2, -0.15) is 0 Å². The van der Waals surface area contributed by atoms with Crippen molar-refractivity contribution in [3.63, 3.8) is 0 Å². The number of rotatable bonds is 3. The van der Waals surface area contributed by atoms with E-state index in [4.69, 9.17) is 27.9 Å². The van der Waals surface area contributed by atoms with Crippen molar-refractivity contribution in [1.82, 2.24) is 5.32 Å². The summed E-state index contributed by atoms with van der Waals surface area (Å²) in [7, 11) is 0. The molecule has 0 saturated carbocycles. The molecule has 1 aliphatic heterocycles. The van der Waals surface area contributed by atoms with Gasteiger partial charge in [0.05, 0.1) is 10.0 Å². The topological polar surface area (TPSA) is 41.5 Å². The predicted octanol–water partition coefficient (Wildman–Crippen LogP) is 3.25. The molecule has 18 heavy (non-hydrogen) atoms. The van der Waals surface area contributed by atoms with Crippen molar-refractivity contribution in [2.75, 3.05) is 19.7 Å². The van der Waals surface area contributed by atoms with Crippen LogP contribution in [0.3, 0.4) is 0 Å². The van der Waals surface area contributed by atoms with E-state index in [-0.39, 0.29) is 6.61 Å². The smallest absolute Gasteiger partial charge is 0.139 e. The largest absolute Gasteiger partial charge is 0.489 e. The van der Waals surface area contributed by atoms with Crippen LogP contribution in [0.2, 0.25) is 10.0 Å². The first-order valence-corrected chi connectivity index (χ1v) is 7.25. The Hall–Kier alpha value is -0.0000000000000000763. The first kappa shape index (κ1) is 14.4. The van der Waals surface area contributed by atoms with Gasteiger partial charge in [-0.25, -0.2) is 0 Å². The van der Waals surface area contributed by atoms with E-state index in [1.165, 1.54) is 0 Å². The molecule has 6 heteroatoms. The fourth-order valence-corrected chi connectivity index (χ4v) is 2.71. The number of aliphatic hydroxyl groups is 1. The average Bonchev–Trinajstić information content (AvgIpc) is 2.33. The molecule has 0 spiro atoms. The van der Waals surface area contributed by atoms with E-state index < -0.39 is 5.60 Å². The van der Waals surface area contributed by atoms with Crippen molar-refractivity contribution in [3.8, 4) is 5.75 Å². The number of hydrogen-bond acceptors (Lipinski definition) is 3. The fourth-order valence-electron chi connectivity index (χ4n) is 1.86. The molecule has 2 N–H and O–H groups in total. The van der Waals surface area contributed by atoms with Crippen LogP contribution >= 0.6 is 39.1 Å². The minimum absolute atomic E-state index is 0.229. The summed E-state index contributed by atoms with van der Waals surface area (Å²) < 4.78 is 6.32. The summed E-state index contributed by atoms with van der Waals surface area (Å²) in [6.07, 6.45) is 1.35. The standard InChI is InChI=1S/C12H14BrCl2NO2/c13-8-5-10(15)11(6-9(8)14)18-7-12(17)1-3-16-4-2-12/h5-6,16-17H,1-4,7H2. The molecule has 0 radical (unpaired) electrons. The lowest BCUT2D eigenvalue weighted by Crippen LogP contribution is -2.46. The van der Waals surface area contributed by atoms with Crippen LogP contribution in [0.25, 0.3) is 0 Å². The lowest BCUT2D eigenvalue weighted by Gasteiger charge is -2.32. The molecule has 1 aliphatic rings. The zero-order valence-corrected chi connectivity index (χ0v) is 12.8. The number of hydrogen-bond donors (Lipinski definition) is 2. The van der Waals surface area contributed by atoms with Crippen molar-refractivity contribution in [3.05, 3.63) is 26.7 Å². The molecule has 1 aromatic rings. The minimum Gasteiger partial charge on any atom is -0.489 e. The molecule has 1 heterocycles. The van der Waals surface area contributed by atoms with Crippen LogP contribution in [0.5, 0.6) is 5.75 Å². The Morgan fingerprint density at radius 1 is 1.28 bits per heavy atom. The quantitative estimate of drug-likeness (QED) is 0.818. The number of nitrogens with one attached hydrogen (secondary N) is 1. The molecule has 0 bridgehead atoms. The van der Waals surface area contributed by atoms with Crippen molar-refractivity contribution in [1.29, 1.82) is 0 Å². The third kappa shape index (κ3) is 3.52. The summed E-state index contributed by atoms with van der Waals surface area (Å²) in [4.78, 5) is 0. The molecule has 100 valence electrons. The van der Waals surface area contributed by atoms with Crippen molar-refractivity contribution >= 4 is 39.1 Å². The van der Waals surface area contributed by atoms with Gasteiger partial charge in [-0.15, -0.1) is 0 Å². The van der Waals surface area contributed by atoms with Crippen LogP contribution in [0, 0.1) is 0 Å². The molecule has 1 aromatic carbocycles. The Morgan fingerprint density at radius 2 is 1.94 bits per heavy atom. The summed E-state index contributed by atoms with van der Waals surface area (Å²) in [5, 5.41) is 14.5. The van der Waals surface area contributed by atoms with Gasteiger partial charge in [0.25, 0.3) is 0 Å². The fraction of sp³-hybridized carbons (Fsp3) is 0.500. The normalized spacial score (nSPS) is 18.7. The second-order valence-electron chi connectivity index (χ2n) is 4.46. The molecule has 2 rings (SSSR count). The lowest BCUT2D eigenvalue weighted by atomic mass is 9.93. The molecule has 0 unspecified atom stereocenters. The first-order valence-electron chi connectivity index (χ1n) is 5.71. The SMILES string of the molecule is OC1(COc2cc(Cl)c(Br)cc2Cl)CCNCC1. The Balaban J connectivity index is 2.03. The van der Waals surface area contributed by atoms with Crippen LogP contribution in [0.15, 0.2) is 16.6 Å². The van der Waals surface area contributed by atoms with Gasteiger partial charge >= 0.3 is 0 Å². The molecule has 1 fully saturated rings. The Kier molecular flexibility index (Phi) is 4.78. The first-order chi connectivity index (χ1) is 8.50. The molecular weight excluding hydrogens is 341 g/mol. The average molecular weight is 355 g/mol. The van der Waals surface area contributed by atoms with Crippen LogP contribution < -0.4 is 10.1 Å². The van der Waals surface area contributed by atoms with Gasteiger partial charge in [-0.1, -0.05) is 23.2 Å². The van der Waals surface area contributed by atoms with Crippen LogP contribution in [0.4, 0.5) is 0 Å². The lowest BCUT2D eigenvalue weighted by molar-refractivity contribution is -0.0285. The highest BCUT2D eigenvalue weighted by Crippen LogP contribution is 2.34. The molecule has 3 nitrogen and oxygen atoms in total. The number of benzene rings is 1. The van der Waals surface area contributed by atoms with Gasteiger partial charge in [0.2, 0.25) is 0 Å². The van der Waals surface area contributed by atoms with Gasteiger partial charge in [0.15, 0.2) is 0 Å². The Bertz CT molecular complexity index is 436. The van der Waals surface area contributed by atoms with Crippen molar-refractivity contribution in [2.45, 2.75) is 18.4 Å². The van der Waals surface area contributed by atoms with Crippen LogP contribution in [-0.4, -0.2) is 30.4 Å². The van der Waals surface area contributed by atoms with Crippen LogP contribution in [0.1, 0.15) is 12.8 Å². The molecule has 0 aromatic heterocycles. The maximum absolute atomic E-state index is 10.3. The van der Waals surface area contributed by atoms with E-state index in [1.807, 2.05) is 0 Å². The van der Waals surface area contributed by atoms with Gasteiger partial charge in [-0.3, -0.25) is 0 Å². The molecule has 0 aliphatic carbocycles. The highest BCUT2D eigenvalue weighted by Gasteiger charge is 2.30. The second-order valence-corrected chi connectivity index (χ2v) is 6.13. The van der Waals surface area contributed by atoms with Crippen molar-refractivity contribution in [2.24, 2.45) is 0 Å². The van der Waals surface area contributed by atoms with E-state index in [0.29, 0.717) is 28.6 Å².